The molecular weight excluding hydrogens is 218 g/mol. The molecule has 0 saturated carbocycles. The van der Waals surface area contributed by atoms with Crippen LogP contribution in [0.15, 0.2) is 73.3 Å². The van der Waals surface area contributed by atoms with Gasteiger partial charge in [-0.05, 0) is 24.1 Å². The quantitative estimate of drug-likeness (QED) is 0.750. The molecule has 0 spiro atoms. The average Bonchev–Trinajstić information content (AvgIpc) is 2.47. The number of rotatable bonds is 5. The molecule has 1 unspecified atom stereocenters. The van der Waals surface area contributed by atoms with Crippen molar-refractivity contribution in [1.82, 2.24) is 0 Å². The van der Waals surface area contributed by atoms with Crippen molar-refractivity contribution in [2.75, 3.05) is 5.32 Å². The molecule has 92 valence electrons. The third-order valence-electron chi connectivity index (χ3n) is 3.34. The van der Waals surface area contributed by atoms with Gasteiger partial charge in [0.05, 0.1) is 5.54 Å². The molecule has 0 aromatic heterocycles. The summed E-state index contributed by atoms with van der Waals surface area (Å²) in [6.07, 6.45) is 2.95. The van der Waals surface area contributed by atoms with Crippen LogP contribution in [0.4, 0.5) is 5.69 Å². The van der Waals surface area contributed by atoms with Gasteiger partial charge in [0.2, 0.25) is 0 Å². The Balaban J connectivity index is 2.36. The molecule has 1 N–H and O–H groups in total. The van der Waals surface area contributed by atoms with Gasteiger partial charge in [0, 0.05) is 5.69 Å². The summed E-state index contributed by atoms with van der Waals surface area (Å²) < 4.78 is 0. The van der Waals surface area contributed by atoms with Crippen molar-refractivity contribution in [3.63, 3.8) is 0 Å². The number of nitrogens with one attached hydrogen (secondary N) is 1. The van der Waals surface area contributed by atoms with Crippen LogP contribution in [-0.4, -0.2) is 0 Å². The molecule has 0 fully saturated rings. The molecule has 2 aromatic carbocycles. The van der Waals surface area contributed by atoms with Crippen LogP contribution in [0.1, 0.15) is 18.9 Å². The van der Waals surface area contributed by atoms with Crippen molar-refractivity contribution in [1.29, 1.82) is 0 Å². The van der Waals surface area contributed by atoms with E-state index in [1.54, 1.807) is 0 Å². The normalized spacial score (nSPS) is 13.6. The highest BCUT2D eigenvalue weighted by molar-refractivity contribution is 5.49. The van der Waals surface area contributed by atoms with Crippen molar-refractivity contribution in [2.45, 2.75) is 18.9 Å². The maximum absolute atomic E-state index is 4.01. The van der Waals surface area contributed by atoms with E-state index in [4.69, 9.17) is 0 Å². The maximum atomic E-state index is 4.01. The zero-order valence-corrected chi connectivity index (χ0v) is 10.8. The van der Waals surface area contributed by atoms with Crippen molar-refractivity contribution in [2.24, 2.45) is 0 Å². The minimum atomic E-state index is -0.206. The summed E-state index contributed by atoms with van der Waals surface area (Å²) in [5, 5.41) is 3.59. The summed E-state index contributed by atoms with van der Waals surface area (Å²) in [5.74, 6) is 0. The van der Waals surface area contributed by atoms with E-state index in [2.05, 4.69) is 55.2 Å². The predicted molar refractivity (Wildman–Crippen MR) is 78.7 cm³/mol. The Hall–Kier alpha value is -2.02. The van der Waals surface area contributed by atoms with Gasteiger partial charge in [0.25, 0.3) is 0 Å². The van der Waals surface area contributed by atoms with Gasteiger partial charge in [-0.15, -0.1) is 6.58 Å². The summed E-state index contributed by atoms with van der Waals surface area (Å²) in [4.78, 5) is 0. The minimum Gasteiger partial charge on any atom is -0.372 e. The molecule has 0 heterocycles. The summed E-state index contributed by atoms with van der Waals surface area (Å²) >= 11 is 0. The van der Waals surface area contributed by atoms with Crippen LogP contribution in [0.25, 0.3) is 0 Å². The topological polar surface area (TPSA) is 12.0 Å². The van der Waals surface area contributed by atoms with E-state index < -0.39 is 0 Å². The third-order valence-corrected chi connectivity index (χ3v) is 3.34. The molecule has 18 heavy (non-hydrogen) atoms. The molecule has 0 bridgehead atoms. The third kappa shape index (κ3) is 2.45. The summed E-state index contributed by atoms with van der Waals surface area (Å²) in [6.45, 7) is 6.19. The van der Waals surface area contributed by atoms with E-state index in [1.165, 1.54) is 5.56 Å². The van der Waals surface area contributed by atoms with Crippen LogP contribution < -0.4 is 5.32 Å². The van der Waals surface area contributed by atoms with Gasteiger partial charge in [0.1, 0.15) is 0 Å². The Morgan fingerprint density at radius 1 is 1.00 bits per heavy atom. The zero-order valence-electron chi connectivity index (χ0n) is 10.8. The lowest BCUT2D eigenvalue weighted by Gasteiger charge is -2.32. The average molecular weight is 237 g/mol. The monoisotopic (exact) mass is 237 g/mol. The van der Waals surface area contributed by atoms with E-state index in [-0.39, 0.29) is 5.54 Å². The molecule has 0 amide bonds. The highest BCUT2D eigenvalue weighted by Crippen LogP contribution is 2.30. The molecule has 0 aliphatic carbocycles. The highest BCUT2D eigenvalue weighted by Gasteiger charge is 2.25. The second kappa shape index (κ2) is 5.54. The van der Waals surface area contributed by atoms with Crippen molar-refractivity contribution >= 4 is 5.69 Å². The highest BCUT2D eigenvalue weighted by atomic mass is 15.0. The van der Waals surface area contributed by atoms with Crippen LogP contribution in [0.3, 0.4) is 0 Å². The molecule has 0 saturated heterocycles. The molecule has 2 rings (SSSR count). The van der Waals surface area contributed by atoms with Gasteiger partial charge < -0.3 is 5.32 Å². The number of hydrogen-bond donors (Lipinski definition) is 1. The first-order valence-corrected chi connectivity index (χ1v) is 6.33. The Morgan fingerprint density at radius 3 is 2.06 bits per heavy atom. The molecule has 0 aliphatic heterocycles. The molecular formula is C17H19N. The van der Waals surface area contributed by atoms with Crippen LogP contribution in [0.2, 0.25) is 0 Å². The summed E-state index contributed by atoms with van der Waals surface area (Å²) in [5.41, 5.74) is 2.15. The minimum absolute atomic E-state index is 0.206. The first-order valence-electron chi connectivity index (χ1n) is 6.33. The fourth-order valence-corrected chi connectivity index (χ4v) is 2.19. The van der Waals surface area contributed by atoms with Crippen LogP contribution in [0, 0.1) is 0 Å². The second-order valence-corrected chi connectivity index (χ2v) is 4.39. The molecule has 1 nitrogen and oxygen atoms in total. The first-order chi connectivity index (χ1) is 8.80. The zero-order chi connectivity index (χ0) is 12.8. The number of para-hydroxylation sites is 1. The Morgan fingerprint density at radius 2 is 1.56 bits per heavy atom. The van der Waals surface area contributed by atoms with Crippen LogP contribution >= 0.6 is 0 Å². The van der Waals surface area contributed by atoms with Crippen molar-refractivity contribution in [3.8, 4) is 0 Å². The van der Waals surface area contributed by atoms with Crippen molar-refractivity contribution in [3.05, 3.63) is 78.9 Å². The van der Waals surface area contributed by atoms with Crippen LogP contribution in [0.5, 0.6) is 0 Å². The molecule has 1 heteroatoms. The van der Waals surface area contributed by atoms with Gasteiger partial charge >= 0.3 is 0 Å². The summed E-state index contributed by atoms with van der Waals surface area (Å²) in [7, 11) is 0. The number of hydrogen-bond acceptors (Lipinski definition) is 1. The van der Waals surface area contributed by atoms with Gasteiger partial charge in [0.15, 0.2) is 0 Å². The van der Waals surface area contributed by atoms with E-state index in [0.29, 0.717) is 0 Å². The largest absolute Gasteiger partial charge is 0.372 e. The first kappa shape index (κ1) is 12.4. The fourth-order valence-electron chi connectivity index (χ4n) is 2.19. The van der Waals surface area contributed by atoms with Gasteiger partial charge in [-0.1, -0.05) is 61.5 Å². The maximum Gasteiger partial charge on any atom is 0.0804 e. The fraction of sp³-hybridized carbons (Fsp3) is 0.176. The lowest BCUT2D eigenvalue weighted by atomic mass is 9.87. The van der Waals surface area contributed by atoms with E-state index in [9.17, 15) is 0 Å². The summed E-state index contributed by atoms with van der Waals surface area (Å²) in [6, 6.07) is 20.7. The molecule has 0 radical (unpaired) electrons. The van der Waals surface area contributed by atoms with Crippen molar-refractivity contribution < 1.29 is 0 Å². The Labute approximate surface area is 109 Å². The predicted octanol–water partition coefficient (Wildman–Crippen LogP) is 4.59. The molecule has 2 aromatic rings. The van der Waals surface area contributed by atoms with E-state index >= 15 is 0 Å². The standard InChI is InChI=1S/C17H19N/c1-3-17(4-2,15-11-7-5-8-12-15)18-16-13-9-6-10-14-16/h3,5-14,18H,1,4H2,2H3. The van der Waals surface area contributed by atoms with Gasteiger partial charge in [-0.2, -0.15) is 0 Å². The molecule has 1 atom stereocenters. The number of benzene rings is 2. The van der Waals surface area contributed by atoms with Gasteiger partial charge in [-0.25, -0.2) is 0 Å². The van der Waals surface area contributed by atoms with Gasteiger partial charge in [-0.3, -0.25) is 0 Å². The lowest BCUT2D eigenvalue weighted by molar-refractivity contribution is 0.591. The van der Waals surface area contributed by atoms with Crippen LogP contribution in [-0.2, 0) is 5.54 Å². The Kier molecular flexibility index (Phi) is 3.83. The Bertz CT molecular complexity index is 490. The van der Waals surface area contributed by atoms with E-state index in [0.717, 1.165) is 12.1 Å². The lowest BCUT2D eigenvalue weighted by Crippen LogP contribution is -2.32. The smallest absolute Gasteiger partial charge is 0.0804 e. The SMILES string of the molecule is C=CC(CC)(Nc1ccccc1)c1ccccc1. The number of anilines is 1. The van der Waals surface area contributed by atoms with E-state index in [1.807, 2.05) is 30.3 Å². The second-order valence-electron chi connectivity index (χ2n) is 4.39. The molecule has 0 aliphatic rings.